The van der Waals surface area contributed by atoms with Crippen molar-refractivity contribution in [2.45, 2.75) is 19.8 Å². The van der Waals surface area contributed by atoms with Crippen molar-refractivity contribution >= 4 is 28.8 Å². The van der Waals surface area contributed by atoms with Gasteiger partial charge in [-0.1, -0.05) is 26.0 Å². The summed E-state index contributed by atoms with van der Waals surface area (Å²) >= 11 is 0. The normalized spacial score (nSPS) is 14.3. The predicted molar refractivity (Wildman–Crippen MR) is 83.8 cm³/mol. The molecule has 1 aromatic carbocycles. The monoisotopic (exact) mass is 285 g/mol. The van der Waals surface area contributed by atoms with Crippen molar-refractivity contribution in [3.8, 4) is 0 Å². The van der Waals surface area contributed by atoms with Crippen LogP contribution in [-0.4, -0.2) is 22.2 Å². The second-order valence-electron chi connectivity index (χ2n) is 5.55. The van der Waals surface area contributed by atoms with E-state index in [0.717, 1.165) is 22.9 Å². The van der Waals surface area contributed by atoms with Crippen molar-refractivity contribution in [2.24, 2.45) is 7.05 Å². The molecule has 6 heteroatoms. The lowest BCUT2D eigenvalue weighted by Gasteiger charge is -2.30. The number of carbonyl (C=O) groups is 1. The Balaban J connectivity index is 2.15. The van der Waals surface area contributed by atoms with Crippen LogP contribution in [0.15, 0.2) is 24.3 Å². The zero-order valence-corrected chi connectivity index (χ0v) is 12.4. The zero-order valence-electron chi connectivity index (χ0n) is 12.4. The molecule has 1 aromatic heterocycles. The molecule has 3 N–H and O–H groups in total. The van der Waals surface area contributed by atoms with Crippen LogP contribution in [0.1, 0.15) is 25.5 Å². The lowest BCUT2D eigenvalue weighted by atomic mass is 10.1. The van der Waals surface area contributed by atoms with Crippen molar-refractivity contribution in [3.05, 3.63) is 30.0 Å². The fourth-order valence-corrected chi connectivity index (χ4v) is 2.72. The Kier molecular flexibility index (Phi) is 3.08. The number of nitrogens with zero attached hydrogens (tertiary/aromatic N) is 3. The fourth-order valence-electron chi connectivity index (χ4n) is 2.72. The Morgan fingerprint density at radius 2 is 2.05 bits per heavy atom. The first-order valence-electron chi connectivity index (χ1n) is 6.97. The SMILES string of the molecule is CC(C)c1nn(C)c(N2CC(=O)Nc3ccccc32)c1N. The summed E-state index contributed by atoms with van der Waals surface area (Å²) in [6.07, 6.45) is 0. The van der Waals surface area contributed by atoms with E-state index in [-0.39, 0.29) is 18.4 Å². The van der Waals surface area contributed by atoms with E-state index in [2.05, 4.69) is 24.3 Å². The lowest BCUT2D eigenvalue weighted by molar-refractivity contribution is -0.115. The van der Waals surface area contributed by atoms with Crippen LogP contribution >= 0.6 is 0 Å². The minimum atomic E-state index is -0.0552. The number of hydrogen-bond acceptors (Lipinski definition) is 4. The summed E-state index contributed by atoms with van der Waals surface area (Å²) in [5.41, 5.74) is 9.50. The fraction of sp³-hybridized carbons (Fsp3) is 0.333. The lowest BCUT2D eigenvalue weighted by Crippen LogP contribution is -2.36. The van der Waals surface area contributed by atoms with Gasteiger partial charge in [-0.05, 0) is 18.1 Å². The summed E-state index contributed by atoms with van der Waals surface area (Å²) in [6.45, 7) is 4.34. The number of hydrogen-bond donors (Lipinski definition) is 2. The van der Waals surface area contributed by atoms with E-state index in [0.29, 0.717) is 5.69 Å². The highest BCUT2D eigenvalue weighted by Gasteiger charge is 2.28. The number of nitrogens with one attached hydrogen (secondary N) is 1. The zero-order chi connectivity index (χ0) is 15.1. The van der Waals surface area contributed by atoms with Crippen LogP contribution in [0.3, 0.4) is 0 Å². The largest absolute Gasteiger partial charge is 0.394 e. The van der Waals surface area contributed by atoms with Crippen LogP contribution in [0.4, 0.5) is 22.9 Å². The van der Waals surface area contributed by atoms with Gasteiger partial charge in [0, 0.05) is 7.05 Å². The number of benzene rings is 1. The number of aromatic nitrogens is 2. The van der Waals surface area contributed by atoms with Gasteiger partial charge in [-0.15, -0.1) is 0 Å². The van der Waals surface area contributed by atoms with Gasteiger partial charge in [0.2, 0.25) is 5.91 Å². The molecule has 0 bridgehead atoms. The van der Waals surface area contributed by atoms with Crippen LogP contribution in [0.2, 0.25) is 0 Å². The third-order valence-electron chi connectivity index (χ3n) is 3.65. The number of aryl methyl sites for hydroxylation is 1. The average Bonchev–Trinajstić information content (AvgIpc) is 2.73. The van der Waals surface area contributed by atoms with Gasteiger partial charge in [-0.3, -0.25) is 9.48 Å². The molecule has 0 radical (unpaired) electrons. The maximum absolute atomic E-state index is 11.9. The Morgan fingerprint density at radius 1 is 1.33 bits per heavy atom. The van der Waals surface area contributed by atoms with Gasteiger partial charge >= 0.3 is 0 Å². The number of nitrogen functional groups attached to an aromatic ring is 1. The van der Waals surface area contributed by atoms with E-state index < -0.39 is 0 Å². The van der Waals surface area contributed by atoms with Gasteiger partial charge in [0.1, 0.15) is 6.54 Å². The summed E-state index contributed by atoms with van der Waals surface area (Å²) in [5.74, 6) is 0.945. The average molecular weight is 285 g/mol. The first-order chi connectivity index (χ1) is 9.99. The van der Waals surface area contributed by atoms with Gasteiger partial charge in [-0.25, -0.2) is 0 Å². The smallest absolute Gasteiger partial charge is 0.244 e. The van der Waals surface area contributed by atoms with E-state index >= 15 is 0 Å². The molecule has 6 nitrogen and oxygen atoms in total. The second kappa shape index (κ2) is 4.80. The van der Waals surface area contributed by atoms with Gasteiger partial charge < -0.3 is 16.0 Å². The van der Waals surface area contributed by atoms with E-state index in [1.54, 1.807) is 4.68 Å². The molecule has 110 valence electrons. The molecule has 0 saturated heterocycles. The van der Waals surface area contributed by atoms with Crippen molar-refractivity contribution < 1.29 is 4.79 Å². The maximum atomic E-state index is 11.9. The minimum absolute atomic E-state index is 0.0552. The van der Waals surface area contributed by atoms with E-state index in [1.807, 2.05) is 36.2 Å². The molecule has 1 aliphatic heterocycles. The molecular formula is C15H19N5O. The summed E-state index contributed by atoms with van der Waals surface area (Å²) < 4.78 is 1.75. The second-order valence-corrected chi connectivity index (χ2v) is 5.55. The van der Waals surface area contributed by atoms with Gasteiger partial charge in [-0.2, -0.15) is 5.10 Å². The Hall–Kier alpha value is -2.50. The molecule has 0 aliphatic carbocycles. The molecule has 0 fully saturated rings. The highest BCUT2D eigenvalue weighted by molar-refractivity contribution is 6.03. The van der Waals surface area contributed by atoms with E-state index in [4.69, 9.17) is 5.73 Å². The summed E-state index contributed by atoms with van der Waals surface area (Å²) in [5, 5.41) is 7.38. The van der Waals surface area contributed by atoms with Crippen LogP contribution in [-0.2, 0) is 11.8 Å². The minimum Gasteiger partial charge on any atom is -0.394 e. The number of amides is 1. The first kappa shape index (κ1) is 13.5. The number of rotatable bonds is 2. The molecule has 3 rings (SSSR count). The van der Waals surface area contributed by atoms with Crippen LogP contribution < -0.4 is 16.0 Å². The molecule has 2 aromatic rings. The third-order valence-corrected chi connectivity index (χ3v) is 3.65. The molecule has 0 saturated carbocycles. The Morgan fingerprint density at radius 3 is 2.71 bits per heavy atom. The first-order valence-corrected chi connectivity index (χ1v) is 6.97. The topological polar surface area (TPSA) is 76.2 Å². The molecule has 0 atom stereocenters. The predicted octanol–water partition coefficient (Wildman–Crippen LogP) is 2.22. The molecule has 2 heterocycles. The van der Waals surface area contributed by atoms with E-state index in [1.165, 1.54) is 0 Å². The molecule has 1 aliphatic rings. The standard InChI is InChI=1S/C15H19N5O/c1-9(2)14-13(16)15(19(3)18-14)20-8-12(21)17-10-6-4-5-7-11(10)20/h4-7,9H,8,16H2,1-3H3,(H,17,21). The number of anilines is 4. The number of fused-ring (bicyclic) bond motifs is 1. The van der Waals surface area contributed by atoms with Crippen LogP contribution in [0.25, 0.3) is 0 Å². The Bertz CT molecular complexity index is 704. The summed E-state index contributed by atoms with van der Waals surface area (Å²) in [4.78, 5) is 13.9. The van der Waals surface area contributed by atoms with Crippen molar-refractivity contribution in [3.63, 3.8) is 0 Å². The maximum Gasteiger partial charge on any atom is 0.244 e. The third kappa shape index (κ3) is 2.12. The number of para-hydroxylation sites is 2. The van der Waals surface area contributed by atoms with Crippen molar-refractivity contribution in [1.29, 1.82) is 0 Å². The van der Waals surface area contributed by atoms with E-state index in [9.17, 15) is 4.79 Å². The number of nitrogens with two attached hydrogens (primary N) is 1. The molecule has 0 spiro atoms. The van der Waals surface area contributed by atoms with Gasteiger partial charge in [0.05, 0.1) is 22.8 Å². The summed E-state index contributed by atoms with van der Waals surface area (Å²) in [6, 6.07) is 7.69. The highest BCUT2D eigenvalue weighted by Crippen LogP contribution is 2.39. The van der Waals surface area contributed by atoms with Gasteiger partial charge in [0.15, 0.2) is 5.82 Å². The molecule has 21 heavy (non-hydrogen) atoms. The van der Waals surface area contributed by atoms with Crippen molar-refractivity contribution in [1.82, 2.24) is 9.78 Å². The molecule has 1 amide bonds. The Labute approximate surface area is 123 Å². The highest BCUT2D eigenvalue weighted by atomic mass is 16.2. The van der Waals surface area contributed by atoms with Crippen molar-refractivity contribution in [2.75, 3.05) is 22.5 Å². The van der Waals surface area contributed by atoms with Crippen LogP contribution in [0.5, 0.6) is 0 Å². The molecule has 0 unspecified atom stereocenters. The number of carbonyl (C=O) groups excluding carboxylic acids is 1. The molecular weight excluding hydrogens is 266 g/mol. The van der Waals surface area contributed by atoms with Crippen LogP contribution in [0, 0.1) is 0 Å². The quantitative estimate of drug-likeness (QED) is 0.887. The van der Waals surface area contributed by atoms with Gasteiger partial charge in [0.25, 0.3) is 0 Å². The summed E-state index contributed by atoms with van der Waals surface area (Å²) in [7, 11) is 1.85.